The minimum absolute atomic E-state index is 0. The lowest BCUT2D eigenvalue weighted by molar-refractivity contribution is -0.118. The number of amides is 2. The van der Waals surface area contributed by atoms with E-state index in [1.165, 1.54) is 0 Å². The van der Waals surface area contributed by atoms with Crippen LogP contribution in [-0.4, -0.2) is 31.5 Å². The highest BCUT2D eigenvalue weighted by Gasteiger charge is 2.57. The Bertz CT molecular complexity index is 630. The first-order valence-corrected chi connectivity index (χ1v) is 8.14. The molecule has 1 aliphatic heterocycles. The Morgan fingerprint density at radius 2 is 2.08 bits per heavy atom. The summed E-state index contributed by atoms with van der Waals surface area (Å²) in [5.74, 6) is 0.0187. The number of hydrogen-bond acceptors (Lipinski definition) is 4. The van der Waals surface area contributed by atoms with Crippen LogP contribution in [0, 0.1) is 11.3 Å². The maximum Gasteiger partial charge on any atom is 0.250 e. The first-order chi connectivity index (χ1) is 11.1. The first-order valence-electron chi connectivity index (χ1n) is 8.14. The molecule has 1 saturated carbocycles. The maximum atomic E-state index is 12.5. The largest absolute Gasteiger partial charge is 0.494 e. The fourth-order valence-electron chi connectivity index (χ4n) is 3.51. The Morgan fingerprint density at radius 3 is 2.71 bits per heavy atom. The minimum atomic E-state index is -0.575. The fourth-order valence-corrected chi connectivity index (χ4v) is 3.51. The molecule has 2 amide bonds. The number of halogens is 1. The van der Waals surface area contributed by atoms with Crippen molar-refractivity contribution in [3.8, 4) is 5.75 Å². The number of carbonyl (C=O) groups is 2. The molecule has 0 bridgehead atoms. The number of ether oxygens (including phenoxy) is 1. The van der Waals surface area contributed by atoms with Crippen molar-refractivity contribution in [2.75, 3.05) is 25.0 Å². The van der Waals surface area contributed by atoms with E-state index < -0.39 is 5.91 Å². The number of primary amides is 1. The van der Waals surface area contributed by atoms with Gasteiger partial charge < -0.3 is 21.1 Å². The third-order valence-corrected chi connectivity index (χ3v) is 4.93. The monoisotopic (exact) mass is 353 g/mol. The molecule has 132 valence electrons. The lowest BCUT2D eigenvalue weighted by atomic mass is 9.91. The van der Waals surface area contributed by atoms with E-state index in [2.05, 4.69) is 10.6 Å². The van der Waals surface area contributed by atoms with E-state index >= 15 is 0 Å². The zero-order valence-electron chi connectivity index (χ0n) is 13.8. The Balaban J connectivity index is 0.00000208. The summed E-state index contributed by atoms with van der Waals surface area (Å²) in [5, 5.41) is 6.20. The summed E-state index contributed by atoms with van der Waals surface area (Å²) in [5.41, 5.74) is 6.33. The second kappa shape index (κ2) is 7.40. The third kappa shape index (κ3) is 3.65. The molecule has 7 heteroatoms. The molecular formula is C17H24ClN3O3. The average Bonchev–Trinajstić information content (AvgIpc) is 3.23. The molecule has 1 unspecified atom stereocenters. The highest BCUT2D eigenvalue weighted by molar-refractivity contribution is 6.04. The normalized spacial score (nSPS) is 20.8. The Kier molecular flexibility index (Phi) is 5.72. The molecule has 0 radical (unpaired) electrons. The molecule has 1 aromatic carbocycles. The second-order valence-electron chi connectivity index (χ2n) is 6.36. The first kappa shape index (κ1) is 18.5. The molecule has 1 saturated heterocycles. The molecule has 0 aromatic heterocycles. The number of nitrogens with one attached hydrogen (secondary N) is 2. The zero-order chi connectivity index (χ0) is 16.4. The standard InChI is InChI=1S/C17H23N3O3.ClH/c1-2-23-11-3-4-14(12(9-11)15(18)21)20-16(22)13-10-17(13)5-7-19-8-6-17;/h3-4,9,13,19H,2,5-8,10H2,1H3,(H2,18,21)(H,20,22);1H. The van der Waals surface area contributed by atoms with Crippen molar-refractivity contribution in [3.63, 3.8) is 0 Å². The molecule has 24 heavy (non-hydrogen) atoms. The molecule has 1 atom stereocenters. The van der Waals surface area contributed by atoms with Gasteiger partial charge in [-0.05, 0) is 62.9 Å². The minimum Gasteiger partial charge on any atom is -0.494 e. The van der Waals surface area contributed by atoms with E-state index in [0.29, 0.717) is 18.0 Å². The van der Waals surface area contributed by atoms with Crippen LogP contribution in [0.3, 0.4) is 0 Å². The molecule has 2 fully saturated rings. The molecular weight excluding hydrogens is 330 g/mol. The van der Waals surface area contributed by atoms with Crippen LogP contribution < -0.4 is 21.1 Å². The fraction of sp³-hybridized carbons (Fsp3) is 0.529. The van der Waals surface area contributed by atoms with Crippen LogP contribution in [-0.2, 0) is 4.79 Å². The molecule has 4 N–H and O–H groups in total. The van der Waals surface area contributed by atoms with E-state index in [4.69, 9.17) is 10.5 Å². The number of carbonyl (C=O) groups excluding carboxylic acids is 2. The number of anilines is 1. The highest BCUT2D eigenvalue weighted by Crippen LogP contribution is 2.58. The number of benzene rings is 1. The van der Waals surface area contributed by atoms with Crippen LogP contribution in [0.1, 0.15) is 36.5 Å². The van der Waals surface area contributed by atoms with Crippen LogP contribution >= 0.6 is 12.4 Å². The number of piperidine rings is 1. The van der Waals surface area contributed by atoms with Crippen molar-refractivity contribution in [1.82, 2.24) is 5.32 Å². The van der Waals surface area contributed by atoms with E-state index in [1.54, 1.807) is 18.2 Å². The molecule has 1 aliphatic carbocycles. The molecule has 6 nitrogen and oxygen atoms in total. The van der Waals surface area contributed by atoms with Gasteiger partial charge in [-0.2, -0.15) is 0 Å². The summed E-state index contributed by atoms with van der Waals surface area (Å²) in [7, 11) is 0. The SMILES string of the molecule is CCOc1ccc(NC(=O)C2CC23CCNCC3)c(C(N)=O)c1.Cl. The lowest BCUT2D eigenvalue weighted by Crippen LogP contribution is -2.31. The zero-order valence-corrected chi connectivity index (χ0v) is 14.6. The predicted octanol–water partition coefficient (Wildman–Crippen LogP) is 1.93. The lowest BCUT2D eigenvalue weighted by Gasteiger charge is -2.23. The van der Waals surface area contributed by atoms with E-state index in [9.17, 15) is 9.59 Å². The van der Waals surface area contributed by atoms with Crippen LogP contribution in [0.15, 0.2) is 18.2 Å². The maximum absolute atomic E-state index is 12.5. The van der Waals surface area contributed by atoms with Gasteiger partial charge in [-0.15, -0.1) is 12.4 Å². The predicted molar refractivity (Wildman–Crippen MR) is 94.7 cm³/mol. The quantitative estimate of drug-likeness (QED) is 0.754. The van der Waals surface area contributed by atoms with Crippen LogP contribution in [0.4, 0.5) is 5.69 Å². The molecule has 2 aliphatic rings. The third-order valence-electron chi connectivity index (χ3n) is 4.93. The van der Waals surface area contributed by atoms with Crippen LogP contribution in [0.25, 0.3) is 0 Å². The van der Waals surface area contributed by atoms with Crippen LogP contribution in [0.2, 0.25) is 0 Å². The molecule has 1 heterocycles. The summed E-state index contributed by atoms with van der Waals surface area (Å²) in [6, 6.07) is 4.99. The molecule has 1 spiro atoms. The molecule has 1 aromatic rings. The number of nitrogens with two attached hydrogens (primary N) is 1. The van der Waals surface area contributed by atoms with Gasteiger partial charge in [0.05, 0.1) is 17.9 Å². The summed E-state index contributed by atoms with van der Waals surface area (Å²) in [4.78, 5) is 24.2. The number of rotatable bonds is 5. The molecule has 3 rings (SSSR count). The Labute approximate surface area is 147 Å². The summed E-state index contributed by atoms with van der Waals surface area (Å²) in [6.07, 6.45) is 3.01. The Hall–Kier alpha value is -1.79. The van der Waals surface area contributed by atoms with E-state index in [-0.39, 0.29) is 35.2 Å². The van der Waals surface area contributed by atoms with Gasteiger partial charge in [0.2, 0.25) is 5.91 Å². The number of hydrogen-bond donors (Lipinski definition) is 3. The van der Waals surface area contributed by atoms with E-state index in [0.717, 1.165) is 32.4 Å². The van der Waals surface area contributed by atoms with Gasteiger partial charge in [-0.25, -0.2) is 0 Å². The van der Waals surface area contributed by atoms with Gasteiger partial charge in [0.1, 0.15) is 5.75 Å². The van der Waals surface area contributed by atoms with Crippen molar-refractivity contribution < 1.29 is 14.3 Å². The van der Waals surface area contributed by atoms with Crippen molar-refractivity contribution in [3.05, 3.63) is 23.8 Å². The van der Waals surface area contributed by atoms with Gasteiger partial charge >= 0.3 is 0 Å². The summed E-state index contributed by atoms with van der Waals surface area (Å²) in [6.45, 7) is 4.31. The summed E-state index contributed by atoms with van der Waals surface area (Å²) < 4.78 is 5.38. The topological polar surface area (TPSA) is 93.4 Å². The smallest absolute Gasteiger partial charge is 0.250 e. The van der Waals surface area contributed by atoms with Gasteiger partial charge in [-0.1, -0.05) is 0 Å². The average molecular weight is 354 g/mol. The Morgan fingerprint density at radius 1 is 1.38 bits per heavy atom. The van der Waals surface area contributed by atoms with E-state index in [1.807, 2.05) is 6.92 Å². The van der Waals surface area contributed by atoms with Gasteiger partial charge in [-0.3, -0.25) is 9.59 Å². The van der Waals surface area contributed by atoms with Gasteiger partial charge in [0.15, 0.2) is 0 Å². The van der Waals surface area contributed by atoms with Gasteiger partial charge in [0.25, 0.3) is 5.91 Å². The van der Waals surface area contributed by atoms with Gasteiger partial charge in [0, 0.05) is 5.92 Å². The van der Waals surface area contributed by atoms with Crippen molar-refractivity contribution in [2.45, 2.75) is 26.2 Å². The van der Waals surface area contributed by atoms with Crippen molar-refractivity contribution >= 4 is 29.9 Å². The second-order valence-corrected chi connectivity index (χ2v) is 6.36. The van der Waals surface area contributed by atoms with Crippen molar-refractivity contribution in [2.24, 2.45) is 17.1 Å². The van der Waals surface area contributed by atoms with Crippen LogP contribution in [0.5, 0.6) is 5.75 Å². The highest BCUT2D eigenvalue weighted by atomic mass is 35.5. The summed E-state index contributed by atoms with van der Waals surface area (Å²) >= 11 is 0. The van der Waals surface area contributed by atoms with Crippen molar-refractivity contribution in [1.29, 1.82) is 0 Å².